The Bertz CT molecular complexity index is 573. The van der Waals surface area contributed by atoms with Crippen molar-refractivity contribution in [2.45, 2.75) is 13.0 Å². The van der Waals surface area contributed by atoms with Gasteiger partial charge in [-0.15, -0.1) is 0 Å². The van der Waals surface area contributed by atoms with E-state index >= 15 is 0 Å². The fourth-order valence-electron chi connectivity index (χ4n) is 1.96. The fraction of sp³-hybridized carbons (Fsp3) is 0.222. The first-order chi connectivity index (χ1) is 9.25. The zero-order valence-electron chi connectivity index (χ0n) is 11.6. The number of hydrogen-bond donors (Lipinski definition) is 0. The maximum atomic E-state index is 3.29. The van der Waals surface area contributed by atoms with Crippen molar-refractivity contribution in [3.63, 3.8) is 0 Å². The monoisotopic (exact) mass is 249 g/mol. The average molecular weight is 249 g/mol. The topological polar surface area (TPSA) is 3.24 Å². The van der Waals surface area contributed by atoms with Crippen LogP contribution in [-0.2, 0) is 13.0 Å². The second-order valence-electron chi connectivity index (χ2n) is 4.86. The van der Waals surface area contributed by atoms with Crippen LogP contribution in [0, 0.1) is 11.8 Å². The largest absolute Gasteiger partial charge is 0.305 e. The molecule has 0 saturated heterocycles. The summed E-state index contributed by atoms with van der Waals surface area (Å²) < 4.78 is 0. The van der Waals surface area contributed by atoms with Crippen LogP contribution >= 0.6 is 0 Å². The van der Waals surface area contributed by atoms with Crippen molar-refractivity contribution in [1.82, 2.24) is 4.90 Å². The molecule has 2 aromatic carbocycles. The smallest absolute Gasteiger partial charge is 0.0344 e. The highest BCUT2D eigenvalue weighted by Gasteiger charge is 1.99. The number of hydrogen-bond acceptors (Lipinski definition) is 1. The van der Waals surface area contributed by atoms with E-state index in [2.05, 4.69) is 73.3 Å². The molecule has 0 aliphatic carbocycles. The van der Waals surface area contributed by atoms with Crippen molar-refractivity contribution in [1.29, 1.82) is 0 Å². The summed E-state index contributed by atoms with van der Waals surface area (Å²) in [5.74, 6) is 6.55. The molecule has 96 valence electrons. The van der Waals surface area contributed by atoms with Gasteiger partial charge in [-0.25, -0.2) is 0 Å². The Morgan fingerprint density at radius 3 is 2.32 bits per heavy atom. The van der Waals surface area contributed by atoms with Gasteiger partial charge in [-0.1, -0.05) is 60.4 Å². The van der Waals surface area contributed by atoms with Crippen LogP contribution in [0.4, 0.5) is 0 Å². The Hall–Kier alpha value is -2.04. The lowest BCUT2D eigenvalue weighted by Gasteiger charge is -2.10. The summed E-state index contributed by atoms with van der Waals surface area (Å²) in [5, 5.41) is 0. The van der Waals surface area contributed by atoms with Gasteiger partial charge in [-0.05, 0) is 31.3 Å². The van der Waals surface area contributed by atoms with Crippen LogP contribution in [0.2, 0.25) is 0 Å². The summed E-state index contributed by atoms with van der Waals surface area (Å²) in [6.45, 7) is 0.927. The minimum Gasteiger partial charge on any atom is -0.305 e. The fourth-order valence-corrected chi connectivity index (χ4v) is 1.96. The quantitative estimate of drug-likeness (QED) is 0.754. The van der Waals surface area contributed by atoms with Gasteiger partial charge in [0.05, 0.1) is 0 Å². The van der Waals surface area contributed by atoms with Gasteiger partial charge in [0.2, 0.25) is 0 Å². The van der Waals surface area contributed by atoms with Gasteiger partial charge >= 0.3 is 0 Å². The molecule has 19 heavy (non-hydrogen) atoms. The van der Waals surface area contributed by atoms with Gasteiger partial charge in [0.15, 0.2) is 0 Å². The van der Waals surface area contributed by atoms with Gasteiger partial charge in [0.25, 0.3) is 0 Å². The summed E-state index contributed by atoms with van der Waals surface area (Å²) in [5.41, 5.74) is 3.68. The molecular weight excluding hydrogens is 230 g/mol. The van der Waals surface area contributed by atoms with Gasteiger partial charge in [0, 0.05) is 18.5 Å². The van der Waals surface area contributed by atoms with Crippen LogP contribution < -0.4 is 0 Å². The maximum Gasteiger partial charge on any atom is 0.0344 e. The van der Waals surface area contributed by atoms with Crippen LogP contribution in [0.25, 0.3) is 0 Å². The van der Waals surface area contributed by atoms with E-state index in [4.69, 9.17) is 0 Å². The molecule has 0 unspecified atom stereocenters. The van der Waals surface area contributed by atoms with Gasteiger partial charge in [-0.2, -0.15) is 0 Å². The summed E-state index contributed by atoms with van der Waals surface area (Å²) in [6.07, 6.45) is 0.803. The number of rotatable bonds is 3. The molecule has 2 aromatic rings. The van der Waals surface area contributed by atoms with Crippen LogP contribution in [0.1, 0.15) is 16.7 Å². The molecule has 0 aromatic heterocycles. The molecule has 1 nitrogen and oxygen atoms in total. The normalized spacial score (nSPS) is 10.1. The second kappa shape index (κ2) is 6.78. The molecule has 0 fully saturated rings. The molecule has 0 bridgehead atoms. The van der Waals surface area contributed by atoms with Crippen LogP contribution in [-0.4, -0.2) is 19.0 Å². The lowest BCUT2D eigenvalue weighted by Crippen LogP contribution is -2.11. The predicted molar refractivity (Wildman–Crippen MR) is 80.9 cm³/mol. The first kappa shape index (κ1) is 13.4. The van der Waals surface area contributed by atoms with Gasteiger partial charge in [0.1, 0.15) is 0 Å². The van der Waals surface area contributed by atoms with E-state index in [9.17, 15) is 0 Å². The maximum absolute atomic E-state index is 3.29. The Morgan fingerprint density at radius 1 is 0.895 bits per heavy atom. The molecule has 1 heteroatoms. The predicted octanol–water partition coefficient (Wildman–Crippen LogP) is 3.34. The van der Waals surface area contributed by atoms with E-state index < -0.39 is 0 Å². The molecule has 0 radical (unpaired) electrons. The highest BCUT2D eigenvalue weighted by atomic mass is 15.0. The van der Waals surface area contributed by atoms with Crippen molar-refractivity contribution in [2.24, 2.45) is 0 Å². The van der Waals surface area contributed by atoms with Crippen LogP contribution in [0.15, 0.2) is 54.6 Å². The second-order valence-corrected chi connectivity index (χ2v) is 4.86. The highest BCUT2D eigenvalue weighted by molar-refractivity contribution is 5.42. The first-order valence-electron chi connectivity index (χ1n) is 6.51. The van der Waals surface area contributed by atoms with Crippen molar-refractivity contribution < 1.29 is 0 Å². The highest BCUT2D eigenvalue weighted by Crippen LogP contribution is 2.09. The molecule has 0 aliphatic heterocycles. The van der Waals surface area contributed by atoms with E-state index in [-0.39, 0.29) is 0 Å². The van der Waals surface area contributed by atoms with E-state index in [0.717, 1.165) is 18.5 Å². The summed E-state index contributed by atoms with van der Waals surface area (Å²) in [4.78, 5) is 2.16. The summed E-state index contributed by atoms with van der Waals surface area (Å²) in [6, 6.07) is 18.7. The minimum atomic E-state index is 0.803. The van der Waals surface area contributed by atoms with E-state index in [1.54, 1.807) is 0 Å². The first-order valence-corrected chi connectivity index (χ1v) is 6.51. The molecule has 0 heterocycles. The zero-order chi connectivity index (χ0) is 13.5. The van der Waals surface area contributed by atoms with Crippen molar-refractivity contribution in [3.05, 3.63) is 71.3 Å². The summed E-state index contributed by atoms with van der Waals surface area (Å²) >= 11 is 0. The van der Waals surface area contributed by atoms with E-state index in [1.165, 1.54) is 11.1 Å². The van der Waals surface area contributed by atoms with Crippen LogP contribution in [0.5, 0.6) is 0 Å². The van der Waals surface area contributed by atoms with Gasteiger partial charge in [-0.3, -0.25) is 0 Å². The van der Waals surface area contributed by atoms with E-state index in [1.807, 2.05) is 12.1 Å². The Balaban J connectivity index is 2.11. The molecule has 0 aliphatic rings. The molecule has 2 rings (SSSR count). The zero-order valence-corrected chi connectivity index (χ0v) is 11.6. The molecular formula is C18H19N. The van der Waals surface area contributed by atoms with Crippen molar-refractivity contribution >= 4 is 0 Å². The minimum absolute atomic E-state index is 0.803. The van der Waals surface area contributed by atoms with E-state index in [0.29, 0.717) is 0 Å². The Morgan fingerprint density at radius 2 is 1.58 bits per heavy atom. The average Bonchev–Trinajstić information content (AvgIpc) is 2.41. The summed E-state index contributed by atoms with van der Waals surface area (Å²) in [7, 11) is 4.16. The molecule has 0 N–H and O–H groups in total. The molecule has 0 amide bonds. The number of nitrogens with zero attached hydrogens (tertiary/aromatic N) is 1. The lowest BCUT2D eigenvalue weighted by molar-refractivity contribution is 0.402. The van der Waals surface area contributed by atoms with Crippen molar-refractivity contribution in [2.75, 3.05) is 14.1 Å². The third kappa shape index (κ3) is 4.28. The molecule has 0 spiro atoms. The Labute approximate surface area is 115 Å². The third-order valence-corrected chi connectivity index (χ3v) is 2.86. The molecule has 0 saturated carbocycles. The molecule has 0 atom stereocenters. The lowest BCUT2D eigenvalue weighted by atomic mass is 10.1. The van der Waals surface area contributed by atoms with Crippen molar-refractivity contribution in [3.8, 4) is 11.8 Å². The standard InChI is InChI=1S/C18H19N/c1-19(2)15-18-13-7-6-12-17(18)14-8-11-16-9-4-3-5-10-16/h3-7,9-10,12-13H,11,15H2,1-2H3. The van der Waals surface area contributed by atoms with Crippen LogP contribution in [0.3, 0.4) is 0 Å². The SMILES string of the molecule is CN(C)Cc1ccccc1C#CCc1ccccc1. The number of benzene rings is 2. The third-order valence-electron chi connectivity index (χ3n) is 2.86. The Kier molecular flexibility index (Phi) is 4.78. The van der Waals surface area contributed by atoms with Gasteiger partial charge < -0.3 is 4.90 Å².